The van der Waals surface area contributed by atoms with Crippen molar-refractivity contribution in [2.45, 2.75) is 6.54 Å². The van der Waals surface area contributed by atoms with Gasteiger partial charge in [0.1, 0.15) is 5.82 Å². The average molecular weight is 394 g/mol. The van der Waals surface area contributed by atoms with Crippen LogP contribution in [0.5, 0.6) is 17.2 Å². The highest BCUT2D eigenvalue weighted by atomic mass is 16.5. The molecule has 1 saturated heterocycles. The highest BCUT2D eigenvalue weighted by Crippen LogP contribution is 2.40. The molecule has 152 valence electrons. The van der Waals surface area contributed by atoms with Gasteiger partial charge in [-0.05, 0) is 18.2 Å². The summed E-state index contributed by atoms with van der Waals surface area (Å²) in [6.07, 6.45) is 1.87. The molecule has 0 spiro atoms. The highest BCUT2D eigenvalue weighted by Gasteiger charge is 2.22. The number of methoxy groups -OCH3 is 3. The van der Waals surface area contributed by atoms with Crippen molar-refractivity contribution in [2.24, 2.45) is 0 Å². The number of ether oxygens (including phenoxy) is 3. The Morgan fingerprint density at radius 1 is 0.828 bits per heavy atom. The molecule has 0 bridgehead atoms. The molecule has 1 aromatic heterocycles. The summed E-state index contributed by atoms with van der Waals surface area (Å²) in [5.74, 6) is 2.98. The van der Waals surface area contributed by atoms with Gasteiger partial charge in [0.2, 0.25) is 5.75 Å². The molecule has 2 heterocycles. The number of nitrogens with zero attached hydrogens (tertiary/aromatic N) is 4. The van der Waals surface area contributed by atoms with Crippen LogP contribution in [0, 0.1) is 0 Å². The zero-order valence-electron chi connectivity index (χ0n) is 17.1. The van der Waals surface area contributed by atoms with Crippen LogP contribution in [-0.4, -0.2) is 62.4 Å². The van der Waals surface area contributed by atoms with Crippen molar-refractivity contribution < 1.29 is 14.2 Å². The number of anilines is 1. The maximum Gasteiger partial charge on any atom is 0.203 e. The topological polar surface area (TPSA) is 60.0 Å². The lowest BCUT2D eigenvalue weighted by molar-refractivity contribution is 0.243. The van der Waals surface area contributed by atoms with Crippen LogP contribution in [0.1, 0.15) is 5.56 Å². The maximum atomic E-state index is 5.62. The molecule has 0 unspecified atom stereocenters. The van der Waals surface area contributed by atoms with Crippen LogP contribution in [0.15, 0.2) is 42.6 Å². The van der Waals surface area contributed by atoms with Crippen LogP contribution in [0.25, 0.3) is 11.0 Å². The number of fused-ring (bicyclic) bond motifs is 1. The molecule has 7 heteroatoms. The molecule has 0 atom stereocenters. The van der Waals surface area contributed by atoms with Crippen molar-refractivity contribution in [1.29, 1.82) is 0 Å². The third kappa shape index (κ3) is 3.91. The molecular weight excluding hydrogens is 368 g/mol. The molecule has 1 aliphatic rings. The van der Waals surface area contributed by atoms with Gasteiger partial charge in [-0.1, -0.05) is 18.2 Å². The predicted molar refractivity (Wildman–Crippen MR) is 113 cm³/mol. The summed E-state index contributed by atoms with van der Waals surface area (Å²) >= 11 is 0. The van der Waals surface area contributed by atoms with Gasteiger partial charge in [-0.3, -0.25) is 9.88 Å². The Hall–Kier alpha value is -3.06. The van der Waals surface area contributed by atoms with Gasteiger partial charge in [0.05, 0.1) is 38.6 Å². The van der Waals surface area contributed by atoms with E-state index >= 15 is 0 Å². The molecule has 7 nitrogen and oxygen atoms in total. The van der Waals surface area contributed by atoms with Gasteiger partial charge in [0.25, 0.3) is 0 Å². The van der Waals surface area contributed by atoms with E-state index in [1.807, 2.05) is 42.6 Å². The Morgan fingerprint density at radius 3 is 2.24 bits per heavy atom. The number of para-hydroxylation sites is 2. The number of hydrogen-bond donors (Lipinski definition) is 0. The molecule has 4 rings (SSSR count). The van der Waals surface area contributed by atoms with E-state index < -0.39 is 0 Å². The number of rotatable bonds is 6. The molecule has 29 heavy (non-hydrogen) atoms. The third-order valence-corrected chi connectivity index (χ3v) is 5.31. The summed E-state index contributed by atoms with van der Waals surface area (Å²) in [6.45, 7) is 4.48. The minimum atomic E-state index is 0.637. The Bertz CT molecular complexity index is 987. The summed E-state index contributed by atoms with van der Waals surface area (Å²) < 4.78 is 16.5. The van der Waals surface area contributed by atoms with Crippen LogP contribution in [-0.2, 0) is 6.54 Å². The van der Waals surface area contributed by atoms with E-state index in [1.165, 1.54) is 0 Å². The first-order valence-corrected chi connectivity index (χ1v) is 9.70. The fourth-order valence-electron chi connectivity index (χ4n) is 3.76. The minimum absolute atomic E-state index is 0.637. The van der Waals surface area contributed by atoms with E-state index in [1.54, 1.807) is 21.3 Å². The molecule has 2 aromatic carbocycles. The molecule has 0 amide bonds. The Balaban J connectivity index is 1.44. The quantitative estimate of drug-likeness (QED) is 0.637. The summed E-state index contributed by atoms with van der Waals surface area (Å²) in [5, 5.41) is 0. The SMILES string of the molecule is COc1ccc(CN2CCN(c3cnc4ccccc4n3)CC2)c(OC)c1OC. The maximum absolute atomic E-state index is 5.62. The predicted octanol–water partition coefficient (Wildman–Crippen LogP) is 2.98. The van der Waals surface area contributed by atoms with E-state index in [-0.39, 0.29) is 0 Å². The summed E-state index contributed by atoms with van der Waals surface area (Å²) in [6, 6.07) is 11.9. The first kappa shape index (κ1) is 19.3. The van der Waals surface area contributed by atoms with Crippen LogP contribution in [0.2, 0.25) is 0 Å². The zero-order chi connectivity index (χ0) is 20.2. The fraction of sp³-hybridized carbons (Fsp3) is 0.364. The van der Waals surface area contributed by atoms with Gasteiger partial charge >= 0.3 is 0 Å². The van der Waals surface area contributed by atoms with Crippen LogP contribution >= 0.6 is 0 Å². The molecule has 3 aromatic rings. The van der Waals surface area contributed by atoms with Gasteiger partial charge in [-0.2, -0.15) is 0 Å². The second kappa shape index (κ2) is 8.53. The molecule has 0 saturated carbocycles. The van der Waals surface area contributed by atoms with Crippen LogP contribution < -0.4 is 19.1 Å². The van der Waals surface area contributed by atoms with Gasteiger partial charge in [0.15, 0.2) is 11.5 Å². The van der Waals surface area contributed by atoms with Crippen molar-refractivity contribution >= 4 is 16.9 Å². The Morgan fingerprint density at radius 2 is 1.55 bits per heavy atom. The van der Waals surface area contributed by atoms with Gasteiger partial charge in [-0.15, -0.1) is 0 Å². The van der Waals surface area contributed by atoms with Crippen molar-refractivity contribution in [3.05, 3.63) is 48.2 Å². The standard InChI is InChI=1S/C22H26N4O3/c1-27-19-9-8-16(21(28-2)22(19)29-3)15-25-10-12-26(13-11-25)20-14-23-17-6-4-5-7-18(17)24-20/h4-9,14H,10-13,15H2,1-3H3. The molecule has 0 aliphatic carbocycles. The van der Waals surface area contributed by atoms with E-state index in [9.17, 15) is 0 Å². The molecule has 0 radical (unpaired) electrons. The second-order valence-electron chi connectivity index (χ2n) is 6.97. The van der Waals surface area contributed by atoms with Crippen molar-refractivity contribution in [3.63, 3.8) is 0 Å². The van der Waals surface area contributed by atoms with Crippen LogP contribution in [0.4, 0.5) is 5.82 Å². The Labute approximate surface area is 170 Å². The highest BCUT2D eigenvalue weighted by molar-refractivity contribution is 5.75. The smallest absolute Gasteiger partial charge is 0.203 e. The summed E-state index contributed by atoms with van der Waals surface area (Å²) in [4.78, 5) is 14.0. The summed E-state index contributed by atoms with van der Waals surface area (Å²) in [7, 11) is 4.93. The molecule has 0 N–H and O–H groups in total. The van der Waals surface area contributed by atoms with Crippen molar-refractivity contribution in [1.82, 2.24) is 14.9 Å². The fourth-order valence-corrected chi connectivity index (χ4v) is 3.76. The molecule has 1 aliphatic heterocycles. The van der Waals surface area contributed by atoms with E-state index in [4.69, 9.17) is 19.2 Å². The number of benzene rings is 2. The first-order chi connectivity index (χ1) is 14.2. The number of aromatic nitrogens is 2. The van der Waals surface area contributed by atoms with Crippen LogP contribution in [0.3, 0.4) is 0 Å². The zero-order valence-corrected chi connectivity index (χ0v) is 17.1. The summed E-state index contributed by atoms with van der Waals surface area (Å²) in [5.41, 5.74) is 2.95. The molecule has 1 fully saturated rings. The van der Waals surface area contributed by atoms with E-state index in [0.717, 1.165) is 60.9 Å². The monoisotopic (exact) mass is 394 g/mol. The van der Waals surface area contributed by atoms with Crippen molar-refractivity contribution in [3.8, 4) is 17.2 Å². The second-order valence-corrected chi connectivity index (χ2v) is 6.97. The largest absolute Gasteiger partial charge is 0.493 e. The lowest BCUT2D eigenvalue weighted by atomic mass is 10.1. The normalized spacial score (nSPS) is 14.8. The Kier molecular flexibility index (Phi) is 5.67. The lowest BCUT2D eigenvalue weighted by Crippen LogP contribution is -2.46. The number of hydrogen-bond acceptors (Lipinski definition) is 7. The van der Waals surface area contributed by atoms with E-state index in [0.29, 0.717) is 11.5 Å². The third-order valence-electron chi connectivity index (χ3n) is 5.31. The minimum Gasteiger partial charge on any atom is -0.493 e. The lowest BCUT2D eigenvalue weighted by Gasteiger charge is -2.35. The number of piperazine rings is 1. The van der Waals surface area contributed by atoms with Crippen molar-refractivity contribution in [2.75, 3.05) is 52.4 Å². The van der Waals surface area contributed by atoms with E-state index in [2.05, 4.69) is 14.8 Å². The van der Waals surface area contributed by atoms with Gasteiger partial charge in [-0.25, -0.2) is 4.98 Å². The van der Waals surface area contributed by atoms with Gasteiger partial charge in [0, 0.05) is 38.3 Å². The molecular formula is C22H26N4O3. The first-order valence-electron chi connectivity index (χ1n) is 9.70. The van der Waals surface area contributed by atoms with Gasteiger partial charge < -0.3 is 19.1 Å². The average Bonchev–Trinajstić information content (AvgIpc) is 2.78.